The van der Waals surface area contributed by atoms with Gasteiger partial charge < -0.3 is 0 Å². The average molecular weight is 358 g/mol. The third kappa shape index (κ3) is 4.38. The summed E-state index contributed by atoms with van der Waals surface area (Å²) >= 11 is 0. The van der Waals surface area contributed by atoms with Crippen LogP contribution in [0.15, 0.2) is 0 Å². The van der Waals surface area contributed by atoms with E-state index < -0.39 is 6.89 Å². The molecule has 1 unspecified atom stereocenters. The van der Waals surface area contributed by atoms with Crippen LogP contribution in [0.4, 0.5) is 0 Å². The van der Waals surface area contributed by atoms with Gasteiger partial charge >= 0.3 is 0 Å². The van der Waals surface area contributed by atoms with Crippen molar-refractivity contribution in [3.05, 3.63) is 0 Å². The van der Waals surface area contributed by atoms with Crippen LogP contribution in [0.3, 0.4) is 0 Å². The molecule has 1 aliphatic heterocycles. The third-order valence-corrected chi connectivity index (χ3v) is 16.0. The van der Waals surface area contributed by atoms with Crippen molar-refractivity contribution in [2.75, 3.05) is 12.8 Å². The Hall–Kier alpha value is 0.640. The van der Waals surface area contributed by atoms with E-state index in [2.05, 4.69) is 75.9 Å². The molecule has 0 amide bonds. The van der Waals surface area contributed by atoms with Crippen molar-refractivity contribution in [1.82, 2.24) is 0 Å². The van der Waals surface area contributed by atoms with Crippen molar-refractivity contribution >= 4 is 38.4 Å². The van der Waals surface area contributed by atoms with Crippen LogP contribution in [0.1, 0.15) is 75.7 Å². The Morgan fingerprint density at radius 3 is 1.59 bits per heavy atom. The van der Waals surface area contributed by atoms with Gasteiger partial charge in [-0.1, -0.05) is 99.0 Å². The normalized spacial score (nSPS) is 25.7. The SMILES string of the molecule is CCCP1(C)=C(C(C)(C)C)P=C(C(C)(C)C)P=C1C(C)(C)C. The first kappa shape index (κ1) is 20.7. The summed E-state index contributed by atoms with van der Waals surface area (Å²) in [6.07, 6.45) is 2.70. The second kappa shape index (κ2) is 6.51. The Morgan fingerprint density at radius 2 is 1.27 bits per heavy atom. The number of hydrogen-bond donors (Lipinski definition) is 0. The molecule has 1 aliphatic rings. The molecule has 0 aromatic carbocycles. The van der Waals surface area contributed by atoms with Gasteiger partial charge in [0.1, 0.15) is 0 Å². The van der Waals surface area contributed by atoms with E-state index in [4.69, 9.17) is 0 Å². The van der Waals surface area contributed by atoms with Crippen LogP contribution in [0, 0.1) is 16.2 Å². The lowest BCUT2D eigenvalue weighted by Gasteiger charge is -2.43. The maximum Gasteiger partial charge on any atom is 0.0126 e. The maximum atomic E-state index is 2.64. The summed E-state index contributed by atoms with van der Waals surface area (Å²) in [4.78, 5) is 0. The Bertz CT molecular complexity index is 538. The molecule has 1 atom stereocenters. The predicted molar refractivity (Wildman–Crippen MR) is 115 cm³/mol. The molecule has 3 heteroatoms. The van der Waals surface area contributed by atoms with Crippen molar-refractivity contribution in [1.29, 1.82) is 0 Å². The molecule has 1 heterocycles. The van der Waals surface area contributed by atoms with E-state index in [1.54, 1.807) is 21.4 Å². The van der Waals surface area contributed by atoms with E-state index in [-0.39, 0.29) is 0 Å². The molecule has 0 aromatic heterocycles. The van der Waals surface area contributed by atoms with Gasteiger partial charge in [0.25, 0.3) is 0 Å². The van der Waals surface area contributed by atoms with Gasteiger partial charge in [0.05, 0.1) is 0 Å². The van der Waals surface area contributed by atoms with Gasteiger partial charge in [0.15, 0.2) is 0 Å². The van der Waals surface area contributed by atoms with E-state index >= 15 is 0 Å². The summed E-state index contributed by atoms with van der Waals surface area (Å²) in [5.41, 5.74) is 0.915. The molecule has 0 spiro atoms. The van der Waals surface area contributed by atoms with Crippen LogP contribution in [0.5, 0.6) is 0 Å². The topological polar surface area (TPSA) is 0 Å². The fourth-order valence-corrected chi connectivity index (χ4v) is 14.7. The van der Waals surface area contributed by atoms with Gasteiger partial charge in [-0.3, -0.25) is 0 Å². The second-order valence-electron chi connectivity index (χ2n) is 9.86. The van der Waals surface area contributed by atoms with E-state index in [1.165, 1.54) is 12.6 Å². The fraction of sp³-hybridized carbons (Fsp3) is 0.842. The highest BCUT2D eigenvalue weighted by Crippen LogP contribution is 2.63. The second-order valence-corrected chi connectivity index (χ2v) is 16.9. The van der Waals surface area contributed by atoms with E-state index in [1.807, 2.05) is 10.1 Å². The highest BCUT2D eigenvalue weighted by molar-refractivity contribution is 8.11. The molecule has 0 saturated carbocycles. The number of rotatable bonds is 2. The third-order valence-electron chi connectivity index (χ3n) is 4.04. The zero-order valence-electron chi connectivity index (χ0n) is 16.8. The Labute approximate surface area is 143 Å². The Morgan fingerprint density at radius 1 is 0.773 bits per heavy atom. The molecule has 128 valence electrons. The molecular weight excluding hydrogens is 321 g/mol. The molecule has 0 aromatic rings. The van der Waals surface area contributed by atoms with Crippen molar-refractivity contribution in [2.45, 2.75) is 75.7 Å². The summed E-state index contributed by atoms with van der Waals surface area (Å²) in [7, 11) is 3.12. The van der Waals surface area contributed by atoms with Gasteiger partial charge in [-0.2, -0.15) is 0 Å². The molecule has 0 aliphatic carbocycles. The highest BCUT2D eigenvalue weighted by Gasteiger charge is 2.38. The molecule has 0 nitrogen and oxygen atoms in total. The molecule has 0 saturated heterocycles. The van der Waals surface area contributed by atoms with Crippen LogP contribution in [-0.2, 0) is 0 Å². The average Bonchev–Trinajstić information content (AvgIpc) is 2.23. The van der Waals surface area contributed by atoms with Gasteiger partial charge in [-0.15, -0.1) is 0 Å². The first-order chi connectivity index (χ1) is 9.64. The monoisotopic (exact) mass is 358 g/mol. The largest absolute Gasteiger partial charge is 0.0707 e. The van der Waals surface area contributed by atoms with Crippen molar-refractivity contribution in [3.8, 4) is 0 Å². The first-order valence-corrected chi connectivity index (χ1v) is 12.8. The van der Waals surface area contributed by atoms with E-state index in [0.717, 1.165) is 0 Å². The molecule has 0 bridgehead atoms. The summed E-state index contributed by atoms with van der Waals surface area (Å²) < 4.78 is 0. The lowest BCUT2D eigenvalue weighted by molar-refractivity contribution is 0.602. The van der Waals surface area contributed by atoms with Gasteiger partial charge in [0.2, 0.25) is 0 Å². The quantitative estimate of drug-likeness (QED) is 0.449. The highest BCUT2D eigenvalue weighted by atomic mass is 31.2. The molecule has 22 heavy (non-hydrogen) atoms. The predicted octanol–water partition coefficient (Wildman–Crippen LogP) is 7.48. The van der Waals surface area contributed by atoms with Crippen LogP contribution in [0.25, 0.3) is 0 Å². The fourth-order valence-electron chi connectivity index (χ4n) is 3.36. The van der Waals surface area contributed by atoms with E-state index in [0.29, 0.717) is 16.2 Å². The summed E-state index contributed by atoms with van der Waals surface area (Å²) in [5.74, 6) is 0. The maximum absolute atomic E-state index is 2.64. The number of hydrogen-bond acceptors (Lipinski definition) is 0. The van der Waals surface area contributed by atoms with Crippen molar-refractivity contribution < 1.29 is 0 Å². The Kier molecular flexibility index (Phi) is 6.12. The van der Waals surface area contributed by atoms with Gasteiger partial charge in [-0.05, 0) is 39.1 Å². The zero-order chi connectivity index (χ0) is 17.6. The van der Waals surface area contributed by atoms with Gasteiger partial charge in [0, 0.05) is 5.03 Å². The van der Waals surface area contributed by atoms with Crippen LogP contribution >= 0.6 is 23.3 Å². The Balaban J connectivity index is 3.84. The van der Waals surface area contributed by atoms with Crippen LogP contribution in [-0.4, -0.2) is 27.9 Å². The molecule has 0 radical (unpaired) electrons. The lowest BCUT2D eigenvalue weighted by atomic mass is 9.99. The van der Waals surface area contributed by atoms with Crippen molar-refractivity contribution in [3.63, 3.8) is 0 Å². The van der Waals surface area contributed by atoms with Crippen LogP contribution in [0.2, 0.25) is 0 Å². The van der Waals surface area contributed by atoms with Crippen molar-refractivity contribution in [2.24, 2.45) is 16.2 Å². The minimum Gasteiger partial charge on any atom is -0.0707 e. The molecule has 0 fully saturated rings. The zero-order valence-corrected chi connectivity index (χ0v) is 19.4. The standard InChI is InChI=1S/C19H37P3/c1-12-13-22(11)15(18(5,6)7)20-14(17(2,3)4)21-16(22)19(8,9)10/h12-13H2,1-11H3. The van der Waals surface area contributed by atoms with E-state index in [9.17, 15) is 0 Å². The first-order valence-electron chi connectivity index (χ1n) is 8.56. The molecule has 1 rings (SSSR count). The minimum absolute atomic E-state index is 0.299. The minimum atomic E-state index is -1.15. The smallest absolute Gasteiger partial charge is 0.0126 e. The summed E-state index contributed by atoms with van der Waals surface area (Å²) in [5, 5.41) is 5.39. The summed E-state index contributed by atoms with van der Waals surface area (Å²) in [6.45, 7) is 25.7. The van der Waals surface area contributed by atoms with Crippen LogP contribution < -0.4 is 0 Å². The molecular formula is C19H37P3. The lowest BCUT2D eigenvalue weighted by Crippen LogP contribution is -2.30. The van der Waals surface area contributed by atoms with Gasteiger partial charge in [-0.25, -0.2) is 0 Å². The molecule has 0 N–H and O–H groups in total. The summed E-state index contributed by atoms with van der Waals surface area (Å²) in [6, 6.07) is 0.